The van der Waals surface area contributed by atoms with E-state index < -0.39 is 15.9 Å². The minimum Gasteiger partial charge on any atom is -0.369 e. The maximum atomic E-state index is 12.6. The number of carbonyl (C=O) groups excluding carboxylic acids is 1. The number of aromatic nitrogens is 1. The molecule has 1 aliphatic rings. The van der Waals surface area contributed by atoms with Crippen LogP contribution in [-0.4, -0.2) is 61.2 Å². The largest absolute Gasteiger partial charge is 0.369 e. The molecule has 2 N–H and O–H groups in total. The van der Waals surface area contributed by atoms with Crippen LogP contribution in [0.5, 0.6) is 0 Å². The summed E-state index contributed by atoms with van der Waals surface area (Å²) in [6.45, 7) is 1.90. The smallest absolute Gasteiger partial charge is 0.246 e. The van der Waals surface area contributed by atoms with Gasteiger partial charge in [0.2, 0.25) is 15.9 Å². The zero-order chi connectivity index (χ0) is 15.5. The second kappa shape index (κ2) is 6.69. The second-order valence-electron chi connectivity index (χ2n) is 4.81. The van der Waals surface area contributed by atoms with Crippen LogP contribution in [0, 0.1) is 0 Å². The van der Waals surface area contributed by atoms with Crippen LogP contribution in [0.1, 0.15) is 6.42 Å². The van der Waals surface area contributed by atoms with Crippen molar-refractivity contribution in [3.05, 3.63) is 23.5 Å². The molecule has 1 saturated heterocycles. The lowest BCUT2D eigenvalue weighted by Gasteiger charge is -2.21. The number of hydrogen-bond acceptors (Lipinski definition) is 5. The van der Waals surface area contributed by atoms with Crippen LogP contribution in [0.3, 0.4) is 0 Å². The molecule has 7 nitrogen and oxygen atoms in total. The van der Waals surface area contributed by atoms with Gasteiger partial charge < -0.3 is 5.73 Å². The highest BCUT2D eigenvalue weighted by atomic mass is 35.5. The molecule has 0 radical (unpaired) electrons. The summed E-state index contributed by atoms with van der Waals surface area (Å²) in [4.78, 5) is 16.6. The molecule has 21 heavy (non-hydrogen) atoms. The number of pyridine rings is 1. The van der Waals surface area contributed by atoms with Crippen molar-refractivity contribution in [1.29, 1.82) is 0 Å². The number of amides is 1. The van der Waals surface area contributed by atoms with Crippen molar-refractivity contribution in [3.63, 3.8) is 0 Å². The standard InChI is InChI=1S/C12H17ClN4O3S/c13-10-2-3-15-8-11(10)21(19,20)17-5-1-4-16(6-7-17)9-12(14)18/h2-3,8H,1,4-7,9H2,(H2,14,18). The summed E-state index contributed by atoms with van der Waals surface area (Å²) in [6, 6.07) is 1.45. The Kier molecular flexibility index (Phi) is 5.15. The van der Waals surface area contributed by atoms with E-state index in [9.17, 15) is 13.2 Å². The number of nitrogens with two attached hydrogens (primary N) is 1. The van der Waals surface area contributed by atoms with Gasteiger partial charge in [-0.05, 0) is 19.0 Å². The molecule has 9 heteroatoms. The summed E-state index contributed by atoms with van der Waals surface area (Å²) in [6.07, 6.45) is 3.33. The van der Waals surface area contributed by atoms with Gasteiger partial charge in [0.1, 0.15) is 4.90 Å². The van der Waals surface area contributed by atoms with Gasteiger partial charge in [-0.1, -0.05) is 11.6 Å². The van der Waals surface area contributed by atoms with Crippen molar-refractivity contribution >= 4 is 27.5 Å². The Bertz CT molecular complexity index is 623. The lowest BCUT2D eigenvalue weighted by Crippen LogP contribution is -2.38. The van der Waals surface area contributed by atoms with Gasteiger partial charge in [-0.25, -0.2) is 8.42 Å². The molecule has 0 aromatic carbocycles. The third-order valence-corrected chi connectivity index (χ3v) is 5.65. The lowest BCUT2D eigenvalue weighted by molar-refractivity contribution is -0.119. The second-order valence-corrected chi connectivity index (χ2v) is 7.12. The monoisotopic (exact) mass is 332 g/mol. The Labute approximate surface area is 128 Å². The Balaban J connectivity index is 2.15. The molecule has 0 unspecified atom stereocenters. The molecule has 0 atom stereocenters. The van der Waals surface area contributed by atoms with Crippen LogP contribution < -0.4 is 5.73 Å². The summed E-state index contributed by atoms with van der Waals surface area (Å²) in [5.74, 6) is -0.415. The van der Waals surface area contributed by atoms with Crippen LogP contribution in [0.2, 0.25) is 5.02 Å². The summed E-state index contributed by atoms with van der Waals surface area (Å²) in [5.41, 5.74) is 5.17. The minimum atomic E-state index is -3.67. The number of carbonyl (C=O) groups is 1. The van der Waals surface area contributed by atoms with Crippen molar-refractivity contribution in [1.82, 2.24) is 14.2 Å². The fraction of sp³-hybridized carbons (Fsp3) is 0.500. The third-order valence-electron chi connectivity index (χ3n) is 3.28. The highest BCUT2D eigenvalue weighted by Crippen LogP contribution is 2.24. The third kappa shape index (κ3) is 3.91. The van der Waals surface area contributed by atoms with E-state index in [4.69, 9.17) is 17.3 Å². The Morgan fingerprint density at radius 3 is 2.76 bits per heavy atom. The average Bonchev–Trinajstić information content (AvgIpc) is 2.64. The molecule has 1 aromatic rings. The van der Waals surface area contributed by atoms with Gasteiger partial charge in [0.25, 0.3) is 0 Å². The number of hydrogen-bond donors (Lipinski definition) is 1. The summed E-state index contributed by atoms with van der Waals surface area (Å²) < 4.78 is 26.5. The van der Waals surface area contributed by atoms with Gasteiger partial charge in [0.15, 0.2) is 0 Å². The predicted octanol–water partition coefficient (Wildman–Crippen LogP) is -0.0833. The fourth-order valence-electron chi connectivity index (χ4n) is 2.26. The van der Waals surface area contributed by atoms with E-state index in [0.29, 0.717) is 32.6 Å². The number of rotatable bonds is 4. The van der Waals surface area contributed by atoms with Crippen LogP contribution in [-0.2, 0) is 14.8 Å². The topological polar surface area (TPSA) is 96.6 Å². The van der Waals surface area contributed by atoms with E-state index in [-0.39, 0.29) is 16.5 Å². The fourth-order valence-corrected chi connectivity index (χ4v) is 4.13. The van der Waals surface area contributed by atoms with Crippen molar-refractivity contribution in [2.75, 3.05) is 32.7 Å². The van der Waals surface area contributed by atoms with E-state index in [0.717, 1.165) is 0 Å². The van der Waals surface area contributed by atoms with Gasteiger partial charge in [0.05, 0.1) is 11.6 Å². The minimum absolute atomic E-state index is 0.00928. The van der Waals surface area contributed by atoms with Crippen LogP contribution in [0.4, 0.5) is 0 Å². The van der Waals surface area contributed by atoms with E-state index in [1.54, 1.807) is 0 Å². The maximum absolute atomic E-state index is 12.6. The average molecular weight is 333 g/mol. The molecule has 0 bridgehead atoms. The first-order valence-corrected chi connectivity index (χ1v) is 8.33. The molecular weight excluding hydrogens is 316 g/mol. The zero-order valence-electron chi connectivity index (χ0n) is 11.4. The highest BCUT2D eigenvalue weighted by Gasteiger charge is 2.29. The maximum Gasteiger partial charge on any atom is 0.246 e. The molecule has 116 valence electrons. The van der Waals surface area contributed by atoms with Gasteiger partial charge in [-0.3, -0.25) is 14.7 Å². The van der Waals surface area contributed by atoms with E-state index in [1.165, 1.54) is 22.8 Å². The number of sulfonamides is 1. The Morgan fingerprint density at radius 2 is 2.10 bits per heavy atom. The number of primary amides is 1. The molecule has 0 aliphatic carbocycles. The van der Waals surface area contributed by atoms with Crippen LogP contribution in [0.15, 0.2) is 23.4 Å². The van der Waals surface area contributed by atoms with E-state index in [1.807, 2.05) is 4.90 Å². The summed E-state index contributed by atoms with van der Waals surface area (Å²) >= 11 is 5.95. The lowest BCUT2D eigenvalue weighted by atomic mass is 10.4. The first-order chi connectivity index (χ1) is 9.91. The van der Waals surface area contributed by atoms with Crippen molar-refractivity contribution < 1.29 is 13.2 Å². The first-order valence-electron chi connectivity index (χ1n) is 6.51. The van der Waals surface area contributed by atoms with Gasteiger partial charge >= 0.3 is 0 Å². The molecule has 1 fully saturated rings. The van der Waals surface area contributed by atoms with Crippen molar-refractivity contribution in [2.45, 2.75) is 11.3 Å². The van der Waals surface area contributed by atoms with Crippen LogP contribution in [0.25, 0.3) is 0 Å². The van der Waals surface area contributed by atoms with Gasteiger partial charge in [-0.15, -0.1) is 0 Å². The van der Waals surface area contributed by atoms with Gasteiger partial charge in [-0.2, -0.15) is 4.31 Å². The molecule has 0 spiro atoms. The van der Waals surface area contributed by atoms with E-state index in [2.05, 4.69) is 4.98 Å². The summed E-state index contributed by atoms with van der Waals surface area (Å²) in [7, 11) is -3.67. The normalized spacial score (nSPS) is 18.3. The molecule has 0 saturated carbocycles. The van der Waals surface area contributed by atoms with Crippen molar-refractivity contribution in [2.24, 2.45) is 5.73 Å². The Morgan fingerprint density at radius 1 is 1.33 bits per heavy atom. The number of halogens is 1. The molecule has 2 heterocycles. The zero-order valence-corrected chi connectivity index (χ0v) is 13.0. The van der Waals surface area contributed by atoms with Gasteiger partial charge in [0, 0.05) is 32.0 Å². The molecule has 2 rings (SSSR count). The Hall–Kier alpha value is -1.22. The predicted molar refractivity (Wildman–Crippen MR) is 78.3 cm³/mol. The summed E-state index contributed by atoms with van der Waals surface area (Å²) in [5, 5.41) is 0.156. The molecule has 1 aromatic heterocycles. The molecular formula is C12H17ClN4O3S. The van der Waals surface area contributed by atoms with E-state index >= 15 is 0 Å². The quantitative estimate of drug-likeness (QED) is 0.831. The molecule has 1 amide bonds. The first kappa shape index (κ1) is 16.2. The SMILES string of the molecule is NC(=O)CN1CCCN(S(=O)(=O)c2cnccc2Cl)CC1. The van der Waals surface area contributed by atoms with Crippen LogP contribution >= 0.6 is 11.6 Å². The number of nitrogens with zero attached hydrogens (tertiary/aromatic N) is 3. The van der Waals surface area contributed by atoms with Crippen molar-refractivity contribution in [3.8, 4) is 0 Å². The highest BCUT2D eigenvalue weighted by molar-refractivity contribution is 7.89. The molecule has 1 aliphatic heterocycles.